The van der Waals surface area contributed by atoms with E-state index in [4.69, 9.17) is 0 Å². The molecule has 2 nitrogen and oxygen atoms in total. The van der Waals surface area contributed by atoms with Gasteiger partial charge in [0.1, 0.15) is 0 Å². The molecule has 0 amide bonds. The van der Waals surface area contributed by atoms with Gasteiger partial charge in [0.15, 0.2) is 0 Å². The van der Waals surface area contributed by atoms with E-state index in [9.17, 15) is 0 Å². The van der Waals surface area contributed by atoms with Crippen molar-refractivity contribution in [2.45, 2.75) is 65.6 Å². The molecule has 0 aliphatic heterocycles. The van der Waals surface area contributed by atoms with Gasteiger partial charge in [0, 0.05) is 19.1 Å². The Labute approximate surface area is 130 Å². The number of rotatable bonds is 7. The highest BCUT2D eigenvalue weighted by Gasteiger charge is 2.20. The summed E-state index contributed by atoms with van der Waals surface area (Å²) in [6.07, 6.45) is 5.54. The molecule has 0 bridgehead atoms. The Morgan fingerprint density at radius 2 is 1.71 bits per heavy atom. The first-order chi connectivity index (χ1) is 10.2. The molecule has 0 radical (unpaired) electrons. The molecule has 0 aromatic heterocycles. The molecule has 2 atom stereocenters. The summed E-state index contributed by atoms with van der Waals surface area (Å²) >= 11 is 0. The van der Waals surface area contributed by atoms with Crippen LogP contribution in [0.3, 0.4) is 0 Å². The maximum Gasteiger partial charge on any atom is 0.0236 e. The lowest BCUT2D eigenvalue weighted by atomic mass is 9.86. The molecule has 2 unspecified atom stereocenters. The standard InChI is InChI=1S/C19H32N2/c1-4-21(5-2)15-18-12-8-7-11-17(18)14-20-19-13-9-6-10-16(19)3/h7-8,11-12,16,19-20H,4-6,9-10,13-15H2,1-3H3. The normalized spacial score (nSPS) is 22.7. The average molecular weight is 288 g/mol. The van der Waals surface area contributed by atoms with Crippen LogP contribution in [0.1, 0.15) is 57.6 Å². The fourth-order valence-electron chi connectivity index (χ4n) is 3.43. The Kier molecular flexibility index (Phi) is 6.72. The highest BCUT2D eigenvalue weighted by molar-refractivity contribution is 5.27. The van der Waals surface area contributed by atoms with E-state index in [0.717, 1.165) is 32.1 Å². The van der Waals surface area contributed by atoms with Crippen LogP contribution in [0, 0.1) is 5.92 Å². The second-order valence-electron chi connectivity index (χ2n) is 6.48. The number of hydrogen-bond donors (Lipinski definition) is 1. The molecule has 1 saturated carbocycles. The molecule has 1 fully saturated rings. The predicted octanol–water partition coefficient (Wildman–Crippen LogP) is 4.20. The van der Waals surface area contributed by atoms with Gasteiger partial charge >= 0.3 is 0 Å². The Morgan fingerprint density at radius 3 is 2.38 bits per heavy atom. The lowest BCUT2D eigenvalue weighted by molar-refractivity contribution is 0.276. The van der Waals surface area contributed by atoms with Crippen molar-refractivity contribution in [3.63, 3.8) is 0 Å². The first-order valence-electron chi connectivity index (χ1n) is 8.77. The van der Waals surface area contributed by atoms with Crippen molar-refractivity contribution in [3.05, 3.63) is 35.4 Å². The van der Waals surface area contributed by atoms with Crippen LogP contribution in [0.2, 0.25) is 0 Å². The first kappa shape index (κ1) is 16.5. The Morgan fingerprint density at radius 1 is 1.05 bits per heavy atom. The van der Waals surface area contributed by atoms with Crippen molar-refractivity contribution >= 4 is 0 Å². The minimum atomic E-state index is 0.709. The van der Waals surface area contributed by atoms with Crippen LogP contribution in [0.4, 0.5) is 0 Å². The van der Waals surface area contributed by atoms with Crippen LogP contribution in [0.25, 0.3) is 0 Å². The Balaban J connectivity index is 1.96. The molecule has 1 aliphatic carbocycles. The molecule has 21 heavy (non-hydrogen) atoms. The zero-order valence-corrected chi connectivity index (χ0v) is 14.1. The van der Waals surface area contributed by atoms with Crippen LogP contribution in [-0.4, -0.2) is 24.0 Å². The summed E-state index contributed by atoms with van der Waals surface area (Å²) in [7, 11) is 0. The molecule has 2 rings (SSSR count). The molecule has 1 N–H and O–H groups in total. The second-order valence-corrected chi connectivity index (χ2v) is 6.48. The molecule has 1 aromatic rings. The summed E-state index contributed by atoms with van der Waals surface area (Å²) < 4.78 is 0. The lowest BCUT2D eigenvalue weighted by Crippen LogP contribution is -2.37. The van der Waals surface area contributed by atoms with E-state index in [1.165, 1.54) is 36.8 Å². The van der Waals surface area contributed by atoms with Crippen LogP contribution < -0.4 is 5.32 Å². The molecule has 0 spiro atoms. The average Bonchev–Trinajstić information content (AvgIpc) is 2.53. The SMILES string of the molecule is CCN(CC)Cc1ccccc1CNC1CCCCC1C. The topological polar surface area (TPSA) is 15.3 Å². The van der Waals surface area contributed by atoms with Crippen molar-refractivity contribution in [1.82, 2.24) is 10.2 Å². The van der Waals surface area contributed by atoms with Crippen molar-refractivity contribution in [2.24, 2.45) is 5.92 Å². The van der Waals surface area contributed by atoms with Crippen LogP contribution >= 0.6 is 0 Å². The van der Waals surface area contributed by atoms with Gasteiger partial charge in [-0.05, 0) is 43.0 Å². The van der Waals surface area contributed by atoms with E-state index < -0.39 is 0 Å². The van der Waals surface area contributed by atoms with Gasteiger partial charge in [-0.25, -0.2) is 0 Å². The Hall–Kier alpha value is -0.860. The number of nitrogens with one attached hydrogen (secondary N) is 1. The fourth-order valence-corrected chi connectivity index (χ4v) is 3.43. The summed E-state index contributed by atoms with van der Waals surface area (Å²) in [6, 6.07) is 9.64. The third-order valence-corrected chi connectivity index (χ3v) is 5.07. The van der Waals surface area contributed by atoms with Crippen molar-refractivity contribution in [3.8, 4) is 0 Å². The third-order valence-electron chi connectivity index (χ3n) is 5.07. The zero-order valence-electron chi connectivity index (χ0n) is 14.1. The van der Waals surface area contributed by atoms with Crippen LogP contribution in [0.5, 0.6) is 0 Å². The largest absolute Gasteiger partial charge is 0.310 e. The first-order valence-corrected chi connectivity index (χ1v) is 8.77. The second kappa shape index (κ2) is 8.55. The quantitative estimate of drug-likeness (QED) is 0.809. The molecule has 2 heteroatoms. The summed E-state index contributed by atoms with van der Waals surface area (Å²) in [5.41, 5.74) is 2.96. The molecule has 0 saturated heterocycles. The maximum absolute atomic E-state index is 3.82. The van der Waals surface area contributed by atoms with Gasteiger partial charge in [-0.1, -0.05) is 57.9 Å². The highest BCUT2D eigenvalue weighted by Crippen LogP contribution is 2.24. The monoisotopic (exact) mass is 288 g/mol. The summed E-state index contributed by atoms with van der Waals surface area (Å²) in [5, 5.41) is 3.82. The van der Waals surface area contributed by atoms with Gasteiger partial charge in [0.25, 0.3) is 0 Å². The van der Waals surface area contributed by atoms with Crippen LogP contribution in [-0.2, 0) is 13.1 Å². The van der Waals surface area contributed by atoms with E-state index >= 15 is 0 Å². The Bertz CT molecular complexity index is 412. The van der Waals surface area contributed by atoms with Gasteiger partial charge in [0.05, 0.1) is 0 Å². The summed E-state index contributed by atoms with van der Waals surface area (Å²) in [5.74, 6) is 0.827. The van der Waals surface area contributed by atoms with E-state index in [-0.39, 0.29) is 0 Å². The predicted molar refractivity (Wildman–Crippen MR) is 91.3 cm³/mol. The van der Waals surface area contributed by atoms with Gasteiger partial charge in [-0.2, -0.15) is 0 Å². The zero-order chi connectivity index (χ0) is 15.1. The number of hydrogen-bond acceptors (Lipinski definition) is 2. The van der Waals surface area contributed by atoms with Crippen molar-refractivity contribution in [2.75, 3.05) is 13.1 Å². The lowest BCUT2D eigenvalue weighted by Gasteiger charge is -2.30. The van der Waals surface area contributed by atoms with E-state index in [0.29, 0.717) is 6.04 Å². The van der Waals surface area contributed by atoms with E-state index in [1.807, 2.05) is 0 Å². The van der Waals surface area contributed by atoms with Crippen LogP contribution in [0.15, 0.2) is 24.3 Å². The van der Waals surface area contributed by atoms with Gasteiger partial charge < -0.3 is 5.32 Å². The van der Waals surface area contributed by atoms with Gasteiger partial charge in [0.2, 0.25) is 0 Å². The van der Waals surface area contributed by atoms with Gasteiger partial charge in [-0.15, -0.1) is 0 Å². The molecule has 1 aliphatic rings. The molecular weight excluding hydrogens is 256 g/mol. The van der Waals surface area contributed by atoms with E-state index in [1.54, 1.807) is 0 Å². The van der Waals surface area contributed by atoms with Gasteiger partial charge in [-0.3, -0.25) is 4.90 Å². The molecule has 1 aromatic carbocycles. The number of benzene rings is 1. The third kappa shape index (κ3) is 4.82. The van der Waals surface area contributed by atoms with Crippen molar-refractivity contribution in [1.29, 1.82) is 0 Å². The minimum absolute atomic E-state index is 0.709. The van der Waals surface area contributed by atoms with E-state index in [2.05, 4.69) is 55.3 Å². The number of nitrogens with zero attached hydrogens (tertiary/aromatic N) is 1. The molecule has 0 heterocycles. The fraction of sp³-hybridized carbons (Fsp3) is 0.684. The summed E-state index contributed by atoms with van der Waals surface area (Å²) in [4.78, 5) is 2.49. The minimum Gasteiger partial charge on any atom is -0.310 e. The maximum atomic E-state index is 3.82. The van der Waals surface area contributed by atoms with Crippen molar-refractivity contribution < 1.29 is 0 Å². The molecular formula is C19H32N2. The highest BCUT2D eigenvalue weighted by atomic mass is 15.1. The smallest absolute Gasteiger partial charge is 0.0236 e. The summed E-state index contributed by atoms with van der Waals surface area (Å²) in [6.45, 7) is 11.2. The molecule has 118 valence electrons.